The third-order valence-electron chi connectivity index (χ3n) is 3.90. The van der Waals surface area contributed by atoms with Gasteiger partial charge in [0.1, 0.15) is 16.3 Å². The Balaban J connectivity index is 1.91. The van der Waals surface area contributed by atoms with E-state index in [2.05, 4.69) is 5.32 Å². The fraction of sp³-hybridized carbons (Fsp3) is 0.357. The van der Waals surface area contributed by atoms with Crippen molar-refractivity contribution in [1.82, 2.24) is 10.2 Å². The van der Waals surface area contributed by atoms with E-state index in [0.717, 1.165) is 29.9 Å². The van der Waals surface area contributed by atoms with Gasteiger partial charge in [-0.2, -0.15) is 0 Å². The van der Waals surface area contributed by atoms with Crippen LogP contribution < -0.4 is 5.32 Å². The molecule has 1 N–H and O–H groups in total. The topological polar surface area (TPSA) is 123 Å². The molecule has 0 aromatic carbocycles. The number of barbiturate groups is 1. The molecule has 0 unspecified atom stereocenters. The Morgan fingerprint density at radius 1 is 1.26 bits per heavy atom. The summed E-state index contributed by atoms with van der Waals surface area (Å²) in [6.45, 7) is 0. The Morgan fingerprint density at radius 3 is 2.57 bits per heavy atom. The van der Waals surface area contributed by atoms with Crippen LogP contribution in [-0.4, -0.2) is 33.7 Å². The molecule has 9 nitrogen and oxygen atoms in total. The van der Waals surface area contributed by atoms with Gasteiger partial charge in [-0.25, -0.2) is 4.79 Å². The number of nitrogens with one attached hydrogen (secondary N) is 1. The first kappa shape index (κ1) is 14.9. The van der Waals surface area contributed by atoms with Crippen LogP contribution in [-0.2, 0) is 9.59 Å². The van der Waals surface area contributed by atoms with Crippen LogP contribution in [0.3, 0.4) is 0 Å². The first-order valence-corrected chi connectivity index (χ1v) is 7.12. The standard InChI is InChI=1S/C14H13N3O6/c18-12-10(7-9-5-6-11(23-9)17(21)22)13(19)16(14(20)15-12)8-3-1-2-4-8/h5-8H,1-4H2,(H,15,18,20)/b10-7+. The number of nitro groups is 1. The van der Waals surface area contributed by atoms with E-state index in [1.54, 1.807) is 0 Å². The van der Waals surface area contributed by atoms with E-state index in [4.69, 9.17) is 4.42 Å². The Morgan fingerprint density at radius 2 is 1.96 bits per heavy atom. The van der Waals surface area contributed by atoms with E-state index >= 15 is 0 Å². The van der Waals surface area contributed by atoms with Gasteiger partial charge in [-0.1, -0.05) is 12.8 Å². The van der Waals surface area contributed by atoms with Crippen LogP contribution >= 0.6 is 0 Å². The quantitative estimate of drug-likeness (QED) is 0.390. The SMILES string of the molecule is O=C1NC(=O)N(C2CCCC2)C(=O)/C1=C/c1ccc([N+](=O)[O-])o1. The summed E-state index contributed by atoms with van der Waals surface area (Å²) >= 11 is 0. The predicted molar refractivity (Wildman–Crippen MR) is 76.0 cm³/mol. The van der Waals surface area contributed by atoms with Crippen molar-refractivity contribution in [2.75, 3.05) is 0 Å². The molecule has 0 atom stereocenters. The number of hydrogen-bond donors (Lipinski definition) is 1. The Kier molecular flexibility index (Phi) is 3.68. The van der Waals surface area contributed by atoms with Crippen molar-refractivity contribution in [2.45, 2.75) is 31.7 Å². The van der Waals surface area contributed by atoms with Gasteiger partial charge in [0.25, 0.3) is 11.8 Å². The van der Waals surface area contributed by atoms with Gasteiger partial charge in [-0.05, 0) is 25.0 Å². The molecule has 1 aromatic rings. The van der Waals surface area contributed by atoms with Crippen molar-refractivity contribution >= 4 is 29.8 Å². The molecule has 2 fully saturated rings. The molecular weight excluding hydrogens is 306 g/mol. The van der Waals surface area contributed by atoms with Gasteiger partial charge in [-0.15, -0.1) is 0 Å². The van der Waals surface area contributed by atoms with Gasteiger partial charge in [0.05, 0.1) is 6.07 Å². The average molecular weight is 319 g/mol. The van der Waals surface area contributed by atoms with Crippen LogP contribution in [0, 0.1) is 10.1 Å². The minimum atomic E-state index is -0.840. The zero-order valence-electron chi connectivity index (χ0n) is 12.0. The van der Waals surface area contributed by atoms with Gasteiger partial charge in [0.15, 0.2) is 0 Å². The van der Waals surface area contributed by atoms with Gasteiger partial charge in [-0.3, -0.25) is 29.9 Å². The summed E-state index contributed by atoms with van der Waals surface area (Å²) in [5.41, 5.74) is -0.277. The molecule has 23 heavy (non-hydrogen) atoms. The smallest absolute Gasteiger partial charge is 0.401 e. The highest BCUT2D eigenvalue weighted by molar-refractivity contribution is 6.31. The molecular formula is C14H13N3O6. The van der Waals surface area contributed by atoms with Crippen molar-refractivity contribution in [2.24, 2.45) is 0 Å². The van der Waals surface area contributed by atoms with Crippen LogP contribution in [0.4, 0.5) is 10.7 Å². The number of carbonyl (C=O) groups excluding carboxylic acids is 3. The van der Waals surface area contributed by atoms with Gasteiger partial charge in [0.2, 0.25) is 0 Å². The van der Waals surface area contributed by atoms with Crippen LogP contribution in [0.5, 0.6) is 0 Å². The first-order valence-electron chi connectivity index (χ1n) is 7.12. The van der Waals surface area contributed by atoms with E-state index in [1.165, 1.54) is 6.07 Å². The molecule has 9 heteroatoms. The minimum absolute atomic E-state index is 0.00378. The maximum atomic E-state index is 12.5. The molecule has 1 saturated carbocycles. The van der Waals surface area contributed by atoms with Gasteiger partial charge < -0.3 is 4.42 Å². The molecule has 1 saturated heterocycles. The number of carbonyl (C=O) groups is 3. The number of nitrogens with zero attached hydrogens (tertiary/aromatic N) is 2. The molecule has 120 valence electrons. The lowest BCUT2D eigenvalue weighted by Crippen LogP contribution is -2.57. The molecule has 0 bridgehead atoms. The Hall–Kier alpha value is -2.97. The lowest BCUT2D eigenvalue weighted by Gasteiger charge is -2.30. The molecule has 1 aliphatic carbocycles. The fourth-order valence-corrected chi connectivity index (χ4v) is 2.83. The largest absolute Gasteiger partial charge is 0.433 e. The summed E-state index contributed by atoms with van der Waals surface area (Å²) in [5.74, 6) is -2.04. The van der Waals surface area contributed by atoms with Crippen molar-refractivity contribution in [3.8, 4) is 0 Å². The molecule has 4 amide bonds. The third-order valence-corrected chi connectivity index (χ3v) is 3.90. The summed E-state index contributed by atoms with van der Waals surface area (Å²) in [7, 11) is 0. The van der Waals surface area contributed by atoms with E-state index in [1.807, 2.05) is 0 Å². The molecule has 1 aromatic heterocycles. The highest BCUT2D eigenvalue weighted by atomic mass is 16.6. The van der Waals surface area contributed by atoms with Gasteiger partial charge in [0, 0.05) is 6.04 Å². The zero-order chi connectivity index (χ0) is 16.6. The lowest BCUT2D eigenvalue weighted by molar-refractivity contribution is -0.402. The number of amides is 4. The molecule has 1 aliphatic heterocycles. The number of imide groups is 2. The first-order chi connectivity index (χ1) is 11.0. The van der Waals surface area contributed by atoms with Crippen molar-refractivity contribution < 1.29 is 23.7 Å². The van der Waals surface area contributed by atoms with Crippen LogP contribution in [0.2, 0.25) is 0 Å². The highest BCUT2D eigenvalue weighted by Gasteiger charge is 2.40. The second-order valence-electron chi connectivity index (χ2n) is 5.36. The molecule has 2 heterocycles. The van der Waals surface area contributed by atoms with Crippen molar-refractivity contribution in [1.29, 1.82) is 0 Å². The summed E-state index contributed by atoms with van der Waals surface area (Å²) < 4.78 is 4.92. The fourth-order valence-electron chi connectivity index (χ4n) is 2.83. The second-order valence-corrected chi connectivity index (χ2v) is 5.36. The average Bonchev–Trinajstić information content (AvgIpc) is 3.14. The molecule has 0 radical (unpaired) electrons. The minimum Gasteiger partial charge on any atom is -0.401 e. The Bertz CT molecular complexity index is 729. The Labute approximate surface area is 130 Å². The summed E-state index contributed by atoms with van der Waals surface area (Å²) in [6, 6.07) is 1.44. The number of urea groups is 1. The lowest BCUT2D eigenvalue weighted by atomic mass is 10.1. The number of rotatable bonds is 3. The van der Waals surface area contributed by atoms with Crippen LogP contribution in [0.25, 0.3) is 6.08 Å². The summed E-state index contributed by atoms with van der Waals surface area (Å²) in [5, 5.41) is 12.7. The maximum absolute atomic E-state index is 12.5. The van der Waals surface area contributed by atoms with E-state index < -0.39 is 28.7 Å². The van der Waals surface area contributed by atoms with E-state index in [-0.39, 0.29) is 17.4 Å². The monoisotopic (exact) mass is 319 g/mol. The maximum Gasteiger partial charge on any atom is 0.433 e. The number of furan rings is 1. The molecule has 0 spiro atoms. The van der Waals surface area contributed by atoms with Crippen molar-refractivity contribution in [3.63, 3.8) is 0 Å². The predicted octanol–water partition coefficient (Wildman–Crippen LogP) is 1.59. The summed E-state index contributed by atoms with van der Waals surface area (Å²) in [4.78, 5) is 47.2. The second kappa shape index (κ2) is 5.67. The van der Waals surface area contributed by atoms with Crippen molar-refractivity contribution in [3.05, 3.63) is 33.6 Å². The number of hydrogen-bond acceptors (Lipinski definition) is 6. The zero-order valence-corrected chi connectivity index (χ0v) is 12.0. The van der Waals surface area contributed by atoms with E-state index in [0.29, 0.717) is 12.8 Å². The highest BCUT2D eigenvalue weighted by Crippen LogP contribution is 2.27. The third kappa shape index (κ3) is 2.72. The molecule has 2 aliphatic rings. The van der Waals surface area contributed by atoms with Crippen LogP contribution in [0.1, 0.15) is 31.4 Å². The molecule has 3 rings (SSSR count). The van der Waals surface area contributed by atoms with Gasteiger partial charge >= 0.3 is 11.9 Å². The summed E-state index contributed by atoms with van der Waals surface area (Å²) in [6.07, 6.45) is 4.34. The normalized spacial score (nSPS) is 21.1. The van der Waals surface area contributed by atoms with Crippen LogP contribution in [0.15, 0.2) is 22.1 Å². The van der Waals surface area contributed by atoms with E-state index in [9.17, 15) is 24.5 Å².